The molecule has 0 radical (unpaired) electrons. The quantitative estimate of drug-likeness (QED) is 0.865. The normalized spacial score (nSPS) is 12.5. The number of rotatable bonds is 5. The summed E-state index contributed by atoms with van der Waals surface area (Å²) >= 11 is 0. The summed E-state index contributed by atoms with van der Waals surface area (Å²) in [6.07, 6.45) is 0.389. The number of benzene rings is 2. The van der Waals surface area contributed by atoms with E-state index in [9.17, 15) is 9.59 Å². The maximum Gasteiger partial charge on any atom is 0.251 e. The highest BCUT2D eigenvalue weighted by Crippen LogP contribution is 2.22. The number of amides is 2. The summed E-state index contributed by atoms with van der Waals surface area (Å²) in [4.78, 5) is 24.4. The summed E-state index contributed by atoms with van der Waals surface area (Å²) in [5, 5.41) is 2.78. The lowest BCUT2D eigenvalue weighted by molar-refractivity contribution is -0.119. The highest BCUT2D eigenvalue weighted by molar-refractivity contribution is 5.97. The maximum absolute atomic E-state index is 12.6. The first-order valence-corrected chi connectivity index (χ1v) is 8.85. The predicted molar refractivity (Wildman–Crippen MR) is 105 cm³/mol. The second-order valence-electron chi connectivity index (χ2n) is 7.83. The van der Waals surface area contributed by atoms with Crippen LogP contribution < -0.4 is 11.1 Å². The van der Waals surface area contributed by atoms with Crippen molar-refractivity contribution in [2.75, 3.05) is 0 Å². The van der Waals surface area contributed by atoms with E-state index < -0.39 is 11.9 Å². The lowest BCUT2D eigenvalue weighted by atomic mass is 9.86. The van der Waals surface area contributed by atoms with Gasteiger partial charge in [0, 0.05) is 12.0 Å². The minimum atomic E-state index is -0.746. The minimum absolute atomic E-state index is 0.0210. The van der Waals surface area contributed by atoms with Crippen LogP contribution in [-0.4, -0.2) is 17.9 Å². The Labute approximate surface area is 155 Å². The zero-order valence-electron chi connectivity index (χ0n) is 16.2. The van der Waals surface area contributed by atoms with Gasteiger partial charge in [-0.15, -0.1) is 0 Å². The fourth-order valence-electron chi connectivity index (χ4n) is 2.96. The van der Waals surface area contributed by atoms with Crippen molar-refractivity contribution in [3.8, 4) is 0 Å². The SMILES string of the molecule is Cc1cccc(C)c1C[C@H](NC(=O)c1ccc(C(C)(C)C)cc1)C(N)=O. The van der Waals surface area contributed by atoms with Crippen LogP contribution in [0.3, 0.4) is 0 Å². The molecule has 0 aliphatic rings. The Balaban J connectivity index is 2.17. The third-order valence-corrected chi connectivity index (χ3v) is 4.71. The van der Waals surface area contributed by atoms with Crippen LogP contribution in [0.4, 0.5) is 0 Å². The minimum Gasteiger partial charge on any atom is -0.368 e. The van der Waals surface area contributed by atoms with E-state index in [1.165, 1.54) is 0 Å². The van der Waals surface area contributed by atoms with Crippen LogP contribution in [0.5, 0.6) is 0 Å². The van der Waals surface area contributed by atoms with Crippen molar-refractivity contribution >= 4 is 11.8 Å². The highest BCUT2D eigenvalue weighted by Gasteiger charge is 2.21. The lowest BCUT2D eigenvalue weighted by Crippen LogP contribution is -2.46. The van der Waals surface area contributed by atoms with E-state index in [0.717, 1.165) is 22.3 Å². The second kappa shape index (κ2) is 7.73. The molecule has 0 heterocycles. The van der Waals surface area contributed by atoms with Gasteiger partial charge in [-0.3, -0.25) is 9.59 Å². The molecule has 1 atom stereocenters. The van der Waals surface area contributed by atoms with Crippen molar-refractivity contribution in [1.29, 1.82) is 0 Å². The van der Waals surface area contributed by atoms with Crippen molar-refractivity contribution in [1.82, 2.24) is 5.32 Å². The molecule has 0 aliphatic heterocycles. The van der Waals surface area contributed by atoms with E-state index in [2.05, 4.69) is 26.1 Å². The lowest BCUT2D eigenvalue weighted by Gasteiger charge is -2.20. The Morgan fingerprint density at radius 2 is 1.54 bits per heavy atom. The molecule has 138 valence electrons. The molecule has 0 fully saturated rings. The molecule has 2 rings (SSSR count). The molecule has 0 saturated carbocycles. The van der Waals surface area contributed by atoms with Gasteiger partial charge in [-0.05, 0) is 53.6 Å². The van der Waals surface area contributed by atoms with Crippen molar-refractivity contribution < 1.29 is 9.59 Å². The smallest absolute Gasteiger partial charge is 0.251 e. The molecule has 3 N–H and O–H groups in total. The van der Waals surface area contributed by atoms with E-state index >= 15 is 0 Å². The summed E-state index contributed by atoms with van der Waals surface area (Å²) in [6.45, 7) is 10.3. The van der Waals surface area contributed by atoms with Gasteiger partial charge in [0.05, 0.1) is 0 Å². The van der Waals surface area contributed by atoms with Crippen molar-refractivity contribution in [3.63, 3.8) is 0 Å². The summed E-state index contributed by atoms with van der Waals surface area (Å²) < 4.78 is 0. The molecule has 0 bridgehead atoms. The van der Waals surface area contributed by atoms with Gasteiger partial charge in [0.2, 0.25) is 5.91 Å². The van der Waals surface area contributed by atoms with Gasteiger partial charge in [-0.1, -0.05) is 51.1 Å². The molecule has 4 nitrogen and oxygen atoms in total. The fourth-order valence-corrected chi connectivity index (χ4v) is 2.96. The first kappa shape index (κ1) is 19.7. The number of aryl methyl sites for hydroxylation is 2. The molecule has 0 spiro atoms. The molecule has 2 aromatic carbocycles. The summed E-state index contributed by atoms with van der Waals surface area (Å²) in [5.74, 6) is -0.826. The van der Waals surface area contributed by atoms with E-state index in [0.29, 0.717) is 12.0 Å². The molecular formula is C22H28N2O2. The Morgan fingerprint density at radius 3 is 2.00 bits per heavy atom. The van der Waals surface area contributed by atoms with Crippen LogP contribution in [0, 0.1) is 13.8 Å². The predicted octanol–water partition coefficient (Wildman–Crippen LogP) is 3.43. The molecule has 0 aromatic heterocycles. The number of carbonyl (C=O) groups excluding carboxylic acids is 2. The monoisotopic (exact) mass is 352 g/mol. The first-order chi connectivity index (χ1) is 12.1. The van der Waals surface area contributed by atoms with Crippen LogP contribution in [-0.2, 0) is 16.6 Å². The van der Waals surface area contributed by atoms with E-state index in [4.69, 9.17) is 5.73 Å². The number of carbonyl (C=O) groups is 2. The van der Waals surface area contributed by atoms with Crippen LogP contribution in [0.15, 0.2) is 42.5 Å². The largest absolute Gasteiger partial charge is 0.368 e. The molecule has 2 aromatic rings. The second-order valence-corrected chi connectivity index (χ2v) is 7.83. The van der Waals surface area contributed by atoms with E-state index in [1.54, 1.807) is 12.1 Å². The number of nitrogens with two attached hydrogens (primary N) is 1. The summed E-state index contributed by atoms with van der Waals surface area (Å²) in [7, 11) is 0. The number of hydrogen-bond donors (Lipinski definition) is 2. The Bertz CT molecular complexity index is 782. The number of primary amides is 1. The van der Waals surface area contributed by atoms with Crippen LogP contribution in [0.1, 0.15) is 53.4 Å². The van der Waals surface area contributed by atoms with Gasteiger partial charge in [-0.25, -0.2) is 0 Å². The highest BCUT2D eigenvalue weighted by atomic mass is 16.2. The molecule has 2 amide bonds. The molecular weight excluding hydrogens is 324 g/mol. The Morgan fingerprint density at radius 1 is 1.00 bits per heavy atom. The molecule has 26 heavy (non-hydrogen) atoms. The summed E-state index contributed by atoms with van der Waals surface area (Å²) in [5.41, 5.74) is 10.4. The maximum atomic E-state index is 12.6. The van der Waals surface area contributed by atoms with E-state index in [-0.39, 0.29) is 11.3 Å². The standard InChI is InChI=1S/C22H28N2O2/c1-14-7-6-8-15(2)18(14)13-19(20(23)25)24-21(26)16-9-11-17(12-10-16)22(3,4)5/h6-12,19H,13H2,1-5H3,(H2,23,25)(H,24,26)/t19-/m0/s1. The fraction of sp³-hybridized carbons (Fsp3) is 0.364. The van der Waals surface area contributed by atoms with Gasteiger partial charge in [0.25, 0.3) is 5.91 Å². The number of hydrogen-bond acceptors (Lipinski definition) is 2. The average Bonchev–Trinajstić information content (AvgIpc) is 2.56. The van der Waals surface area contributed by atoms with Gasteiger partial charge in [-0.2, -0.15) is 0 Å². The van der Waals surface area contributed by atoms with Gasteiger partial charge in [0.1, 0.15) is 6.04 Å². The summed E-state index contributed by atoms with van der Waals surface area (Å²) in [6, 6.07) is 12.7. The van der Waals surface area contributed by atoms with Crippen molar-refractivity contribution in [2.24, 2.45) is 5.73 Å². The number of nitrogens with one attached hydrogen (secondary N) is 1. The molecule has 0 saturated heterocycles. The van der Waals surface area contributed by atoms with Crippen molar-refractivity contribution in [2.45, 2.75) is 52.5 Å². The zero-order chi connectivity index (χ0) is 19.5. The van der Waals surface area contributed by atoms with E-state index in [1.807, 2.05) is 44.2 Å². The van der Waals surface area contributed by atoms with Crippen LogP contribution in [0.2, 0.25) is 0 Å². The zero-order valence-corrected chi connectivity index (χ0v) is 16.2. The molecule has 4 heteroatoms. The first-order valence-electron chi connectivity index (χ1n) is 8.85. The average molecular weight is 352 g/mol. The Kier molecular flexibility index (Phi) is 5.86. The Hall–Kier alpha value is -2.62. The van der Waals surface area contributed by atoms with Crippen LogP contribution in [0.25, 0.3) is 0 Å². The van der Waals surface area contributed by atoms with Crippen LogP contribution >= 0.6 is 0 Å². The van der Waals surface area contributed by atoms with Gasteiger partial charge >= 0.3 is 0 Å². The third-order valence-electron chi connectivity index (χ3n) is 4.71. The van der Waals surface area contributed by atoms with Gasteiger partial charge < -0.3 is 11.1 Å². The molecule has 0 unspecified atom stereocenters. The van der Waals surface area contributed by atoms with Crippen molar-refractivity contribution in [3.05, 3.63) is 70.3 Å². The van der Waals surface area contributed by atoms with Gasteiger partial charge in [0.15, 0.2) is 0 Å². The molecule has 0 aliphatic carbocycles. The third kappa shape index (κ3) is 4.72. The topological polar surface area (TPSA) is 72.2 Å².